The van der Waals surface area contributed by atoms with E-state index in [0.717, 1.165) is 5.56 Å². The number of nitrogens with two attached hydrogens (primary N) is 1. The number of carbonyl (C=O) groups excluding carboxylic acids is 1. The molecule has 1 aromatic carbocycles. The van der Waals surface area contributed by atoms with E-state index in [1.54, 1.807) is 12.1 Å². The van der Waals surface area contributed by atoms with Gasteiger partial charge in [0.2, 0.25) is 5.91 Å². The van der Waals surface area contributed by atoms with Gasteiger partial charge >= 0.3 is 5.97 Å². The second-order valence-electron chi connectivity index (χ2n) is 4.32. The molecular weight excluding hydrogens is 268 g/mol. The lowest BCUT2D eigenvalue weighted by Crippen LogP contribution is -2.41. The Morgan fingerprint density at radius 2 is 1.95 bits per heavy atom. The van der Waals surface area contributed by atoms with Gasteiger partial charge in [-0.3, -0.25) is 9.59 Å². The Hall–Kier alpha value is -1.59. The number of halogens is 1. The molecule has 1 rings (SSSR count). The molecule has 2 atom stereocenters. The van der Waals surface area contributed by atoms with Gasteiger partial charge < -0.3 is 16.2 Å². The first kappa shape index (κ1) is 15.5. The standard InChI is InChI=1S/C13H17ClN2O3/c1-8(9-2-4-10(14)5-3-9)16-13(19)11(15)6-7-12(17)18/h2-5,8,11H,6-7,15H2,1H3,(H,16,19)(H,17,18)/t8-,11?/m0/s1. The number of carboxylic acids is 1. The lowest BCUT2D eigenvalue weighted by molar-refractivity contribution is -0.137. The van der Waals surface area contributed by atoms with Crippen molar-refractivity contribution < 1.29 is 14.7 Å². The molecule has 0 saturated carbocycles. The van der Waals surface area contributed by atoms with Crippen molar-refractivity contribution >= 4 is 23.5 Å². The van der Waals surface area contributed by atoms with Gasteiger partial charge in [-0.1, -0.05) is 23.7 Å². The van der Waals surface area contributed by atoms with Crippen molar-refractivity contribution in [3.05, 3.63) is 34.9 Å². The largest absolute Gasteiger partial charge is 0.481 e. The number of benzene rings is 1. The van der Waals surface area contributed by atoms with E-state index < -0.39 is 12.0 Å². The number of hydrogen-bond donors (Lipinski definition) is 3. The summed E-state index contributed by atoms with van der Waals surface area (Å²) in [5.41, 5.74) is 6.53. The van der Waals surface area contributed by atoms with E-state index >= 15 is 0 Å². The average Bonchev–Trinajstić information content (AvgIpc) is 2.36. The second kappa shape index (κ2) is 7.11. The van der Waals surface area contributed by atoms with Crippen LogP contribution in [-0.2, 0) is 9.59 Å². The first-order valence-corrected chi connectivity index (χ1v) is 6.31. The highest BCUT2D eigenvalue weighted by Gasteiger charge is 2.17. The molecule has 104 valence electrons. The van der Waals surface area contributed by atoms with E-state index in [1.807, 2.05) is 19.1 Å². The molecule has 0 aliphatic heterocycles. The number of rotatable bonds is 6. The van der Waals surface area contributed by atoms with Gasteiger partial charge in [-0.05, 0) is 31.0 Å². The number of carboxylic acid groups (broad SMARTS) is 1. The molecule has 19 heavy (non-hydrogen) atoms. The Morgan fingerprint density at radius 1 is 1.37 bits per heavy atom. The molecule has 5 nitrogen and oxygen atoms in total. The predicted octanol–water partition coefficient (Wildman–Crippen LogP) is 1.71. The molecule has 0 heterocycles. The maximum Gasteiger partial charge on any atom is 0.303 e. The molecule has 0 saturated heterocycles. The number of carbonyl (C=O) groups is 2. The fraction of sp³-hybridized carbons (Fsp3) is 0.385. The quantitative estimate of drug-likeness (QED) is 0.741. The van der Waals surface area contributed by atoms with Gasteiger partial charge in [0, 0.05) is 11.4 Å². The number of nitrogens with one attached hydrogen (secondary N) is 1. The number of amides is 1. The average molecular weight is 285 g/mol. The molecule has 0 bridgehead atoms. The minimum Gasteiger partial charge on any atom is -0.481 e. The summed E-state index contributed by atoms with van der Waals surface area (Å²) < 4.78 is 0. The van der Waals surface area contributed by atoms with Crippen molar-refractivity contribution in [2.75, 3.05) is 0 Å². The molecule has 0 aliphatic carbocycles. The van der Waals surface area contributed by atoms with Crippen molar-refractivity contribution in [3.8, 4) is 0 Å². The van der Waals surface area contributed by atoms with Gasteiger partial charge in [0.05, 0.1) is 12.1 Å². The van der Waals surface area contributed by atoms with Crippen LogP contribution in [0, 0.1) is 0 Å². The molecule has 0 aliphatic rings. The van der Waals surface area contributed by atoms with Crippen LogP contribution in [-0.4, -0.2) is 23.0 Å². The Labute approximate surface area is 116 Å². The van der Waals surface area contributed by atoms with Crippen LogP contribution >= 0.6 is 11.6 Å². The van der Waals surface area contributed by atoms with Crippen LogP contribution in [0.4, 0.5) is 0 Å². The highest BCUT2D eigenvalue weighted by atomic mass is 35.5. The summed E-state index contributed by atoms with van der Waals surface area (Å²) in [5, 5.41) is 11.9. The zero-order valence-electron chi connectivity index (χ0n) is 10.6. The third-order valence-corrected chi connectivity index (χ3v) is 2.99. The van der Waals surface area contributed by atoms with Crippen molar-refractivity contribution in [1.29, 1.82) is 0 Å². The maximum absolute atomic E-state index is 11.8. The summed E-state index contributed by atoms with van der Waals surface area (Å²) in [6.45, 7) is 1.82. The zero-order valence-corrected chi connectivity index (χ0v) is 11.4. The third-order valence-electron chi connectivity index (χ3n) is 2.73. The normalized spacial score (nSPS) is 13.6. The van der Waals surface area contributed by atoms with Crippen molar-refractivity contribution in [3.63, 3.8) is 0 Å². The van der Waals surface area contributed by atoms with Crippen LogP contribution in [0.5, 0.6) is 0 Å². The lowest BCUT2D eigenvalue weighted by atomic mass is 10.1. The first-order valence-electron chi connectivity index (χ1n) is 5.93. The van der Waals surface area contributed by atoms with Gasteiger partial charge in [-0.2, -0.15) is 0 Å². The van der Waals surface area contributed by atoms with Crippen LogP contribution in [0.3, 0.4) is 0 Å². The fourth-order valence-corrected chi connectivity index (χ4v) is 1.69. The van der Waals surface area contributed by atoms with E-state index in [1.165, 1.54) is 0 Å². The van der Waals surface area contributed by atoms with E-state index in [0.29, 0.717) is 5.02 Å². The molecule has 1 unspecified atom stereocenters. The first-order chi connectivity index (χ1) is 8.90. The Balaban J connectivity index is 2.51. The third kappa shape index (κ3) is 5.28. The van der Waals surface area contributed by atoms with E-state index in [-0.39, 0.29) is 24.8 Å². The molecule has 1 amide bonds. The minimum absolute atomic E-state index is 0.120. The summed E-state index contributed by atoms with van der Waals surface area (Å²) in [7, 11) is 0. The van der Waals surface area contributed by atoms with Crippen LogP contribution in [0.15, 0.2) is 24.3 Å². The Kier molecular flexibility index (Phi) is 5.79. The van der Waals surface area contributed by atoms with Gasteiger partial charge in [0.1, 0.15) is 0 Å². The van der Waals surface area contributed by atoms with Crippen LogP contribution in [0.25, 0.3) is 0 Å². The van der Waals surface area contributed by atoms with Gasteiger partial charge in [-0.25, -0.2) is 0 Å². The van der Waals surface area contributed by atoms with Crippen molar-refractivity contribution in [2.24, 2.45) is 5.73 Å². The molecule has 1 aromatic rings. The molecule has 0 fully saturated rings. The summed E-state index contributed by atoms with van der Waals surface area (Å²) in [6.07, 6.45) is -0.00157. The summed E-state index contributed by atoms with van der Waals surface area (Å²) in [4.78, 5) is 22.2. The predicted molar refractivity (Wildman–Crippen MR) is 72.9 cm³/mol. The highest BCUT2D eigenvalue weighted by Crippen LogP contribution is 2.16. The minimum atomic E-state index is -0.964. The number of aliphatic carboxylic acids is 1. The van der Waals surface area contributed by atoms with Crippen LogP contribution in [0.1, 0.15) is 31.4 Å². The smallest absolute Gasteiger partial charge is 0.303 e. The van der Waals surface area contributed by atoms with E-state index in [2.05, 4.69) is 5.32 Å². The highest BCUT2D eigenvalue weighted by molar-refractivity contribution is 6.30. The van der Waals surface area contributed by atoms with Crippen molar-refractivity contribution in [2.45, 2.75) is 31.8 Å². The molecule has 0 aromatic heterocycles. The summed E-state index contributed by atoms with van der Waals surface area (Å²) in [6, 6.07) is 6.09. The van der Waals surface area contributed by atoms with Crippen LogP contribution < -0.4 is 11.1 Å². The van der Waals surface area contributed by atoms with E-state index in [4.69, 9.17) is 22.4 Å². The monoisotopic (exact) mass is 284 g/mol. The van der Waals surface area contributed by atoms with E-state index in [9.17, 15) is 9.59 Å². The zero-order chi connectivity index (χ0) is 14.4. The second-order valence-corrected chi connectivity index (χ2v) is 4.76. The number of hydrogen-bond acceptors (Lipinski definition) is 3. The molecule has 6 heteroatoms. The lowest BCUT2D eigenvalue weighted by Gasteiger charge is -2.17. The Bertz CT molecular complexity index is 448. The Morgan fingerprint density at radius 3 is 2.47 bits per heavy atom. The maximum atomic E-state index is 11.8. The van der Waals surface area contributed by atoms with Gasteiger partial charge in [-0.15, -0.1) is 0 Å². The summed E-state index contributed by atoms with van der Waals surface area (Å²) in [5.74, 6) is -1.32. The summed E-state index contributed by atoms with van der Waals surface area (Å²) >= 11 is 5.78. The SMILES string of the molecule is C[C@H](NC(=O)C(N)CCC(=O)O)c1ccc(Cl)cc1. The molecule has 0 spiro atoms. The molecule has 4 N–H and O–H groups in total. The molecular formula is C13H17ClN2O3. The fourth-order valence-electron chi connectivity index (χ4n) is 1.57. The topological polar surface area (TPSA) is 92.4 Å². The van der Waals surface area contributed by atoms with Crippen molar-refractivity contribution in [1.82, 2.24) is 5.32 Å². The van der Waals surface area contributed by atoms with Crippen LogP contribution in [0.2, 0.25) is 5.02 Å². The van der Waals surface area contributed by atoms with Gasteiger partial charge in [0.15, 0.2) is 0 Å². The van der Waals surface area contributed by atoms with Gasteiger partial charge in [0.25, 0.3) is 0 Å². The molecule has 0 radical (unpaired) electrons.